The van der Waals surface area contributed by atoms with Gasteiger partial charge in [-0.3, -0.25) is 4.79 Å². The van der Waals surface area contributed by atoms with E-state index in [1.165, 1.54) is 83.5 Å². The lowest BCUT2D eigenvalue weighted by molar-refractivity contribution is -0.111. The molecule has 0 radical (unpaired) electrons. The molecule has 0 aromatic heterocycles. The van der Waals surface area contributed by atoms with E-state index in [-0.39, 0.29) is 6.79 Å². The van der Waals surface area contributed by atoms with E-state index < -0.39 is 0 Å². The Morgan fingerprint density at radius 2 is 1.19 bits per heavy atom. The Hall–Kier alpha value is -0.830. The lowest BCUT2D eigenvalue weighted by Gasteiger charge is -2.07. The van der Waals surface area contributed by atoms with Crippen molar-refractivity contribution in [3.63, 3.8) is 0 Å². The fourth-order valence-corrected chi connectivity index (χ4v) is 2.99. The topological polar surface area (TPSA) is 35.5 Å². The van der Waals surface area contributed by atoms with Crippen molar-refractivity contribution < 1.29 is 14.3 Å². The minimum atomic E-state index is 0.193. The molecule has 0 atom stereocenters. The molecule has 0 bridgehead atoms. The summed E-state index contributed by atoms with van der Waals surface area (Å²) in [5.74, 6) is 0.423. The maximum absolute atomic E-state index is 11.0. The van der Waals surface area contributed by atoms with Crippen LogP contribution in [0.15, 0.2) is 11.8 Å². The van der Waals surface area contributed by atoms with Gasteiger partial charge >= 0.3 is 0 Å². The van der Waals surface area contributed by atoms with Crippen molar-refractivity contribution in [2.24, 2.45) is 0 Å². The summed E-state index contributed by atoms with van der Waals surface area (Å²) in [5, 5.41) is 0. The number of hydrogen-bond acceptors (Lipinski definition) is 3. The zero-order valence-corrected chi connectivity index (χ0v) is 17.6. The summed E-state index contributed by atoms with van der Waals surface area (Å²) in [7, 11) is 0. The lowest BCUT2D eigenvalue weighted by atomic mass is 10.1. The van der Waals surface area contributed by atoms with Gasteiger partial charge in [0.05, 0.1) is 6.61 Å². The largest absolute Gasteiger partial charge is 0.464 e. The Bertz CT molecular complexity index is 313. The molecule has 0 heterocycles. The molecule has 0 saturated carbocycles. The SMILES string of the molecule is CCCCCCCCC/C=C(\C=O)OCOCCCCCCCCCC. The van der Waals surface area contributed by atoms with E-state index >= 15 is 0 Å². The first-order chi connectivity index (χ1) is 12.8. The molecule has 0 spiro atoms. The van der Waals surface area contributed by atoms with Crippen molar-refractivity contribution in [3.05, 3.63) is 11.8 Å². The molecule has 0 rings (SSSR count). The first kappa shape index (κ1) is 25.2. The molecule has 0 aromatic rings. The van der Waals surface area contributed by atoms with Crippen molar-refractivity contribution in [1.82, 2.24) is 0 Å². The van der Waals surface area contributed by atoms with Crippen LogP contribution < -0.4 is 0 Å². The summed E-state index contributed by atoms with van der Waals surface area (Å²) >= 11 is 0. The van der Waals surface area contributed by atoms with Crippen LogP contribution in [-0.4, -0.2) is 19.7 Å². The van der Waals surface area contributed by atoms with Gasteiger partial charge in [0.2, 0.25) is 0 Å². The monoisotopic (exact) mass is 368 g/mol. The van der Waals surface area contributed by atoms with Crippen molar-refractivity contribution in [1.29, 1.82) is 0 Å². The third kappa shape index (κ3) is 19.5. The summed E-state index contributed by atoms with van der Waals surface area (Å²) in [6, 6.07) is 0. The highest BCUT2D eigenvalue weighted by Gasteiger charge is 1.97. The van der Waals surface area contributed by atoms with E-state index in [4.69, 9.17) is 9.47 Å². The smallest absolute Gasteiger partial charge is 0.189 e. The Balaban J connectivity index is 3.39. The summed E-state index contributed by atoms with van der Waals surface area (Å²) in [5.41, 5.74) is 0. The van der Waals surface area contributed by atoms with Gasteiger partial charge in [-0.2, -0.15) is 0 Å². The highest BCUT2D eigenvalue weighted by Crippen LogP contribution is 2.10. The zero-order chi connectivity index (χ0) is 19.1. The first-order valence-electron chi connectivity index (χ1n) is 11.2. The minimum Gasteiger partial charge on any atom is -0.464 e. The maximum Gasteiger partial charge on any atom is 0.189 e. The van der Waals surface area contributed by atoms with Crippen molar-refractivity contribution in [2.75, 3.05) is 13.4 Å². The Morgan fingerprint density at radius 3 is 1.73 bits per heavy atom. The number of carbonyl (C=O) groups is 1. The zero-order valence-electron chi connectivity index (χ0n) is 17.6. The van der Waals surface area contributed by atoms with Gasteiger partial charge in [-0.1, -0.05) is 97.3 Å². The molecule has 26 heavy (non-hydrogen) atoms. The van der Waals surface area contributed by atoms with Crippen molar-refractivity contribution in [2.45, 2.75) is 117 Å². The molecule has 3 heteroatoms. The Labute approximate surface area is 162 Å². The predicted molar refractivity (Wildman–Crippen MR) is 111 cm³/mol. The quantitative estimate of drug-likeness (QED) is 0.0698. The first-order valence-corrected chi connectivity index (χ1v) is 11.2. The molecular weight excluding hydrogens is 324 g/mol. The van der Waals surface area contributed by atoms with Gasteiger partial charge in [0.25, 0.3) is 0 Å². The number of aldehydes is 1. The van der Waals surface area contributed by atoms with Gasteiger partial charge in [-0.15, -0.1) is 0 Å². The third-order valence-corrected chi connectivity index (χ3v) is 4.72. The van der Waals surface area contributed by atoms with Crippen LogP contribution in [0.1, 0.15) is 117 Å². The van der Waals surface area contributed by atoms with Crippen LogP contribution in [0.5, 0.6) is 0 Å². The molecule has 0 aromatic carbocycles. The molecule has 0 amide bonds. The average Bonchev–Trinajstić information content (AvgIpc) is 2.66. The molecule has 0 aliphatic rings. The summed E-state index contributed by atoms with van der Waals surface area (Å²) < 4.78 is 10.9. The molecule has 0 aliphatic carbocycles. The second kappa shape index (κ2) is 22.2. The van der Waals surface area contributed by atoms with Crippen LogP contribution in [0.2, 0.25) is 0 Å². The number of carbonyl (C=O) groups excluding carboxylic acids is 1. The lowest BCUT2D eigenvalue weighted by Crippen LogP contribution is -2.02. The summed E-state index contributed by atoms with van der Waals surface area (Å²) in [6.07, 6.45) is 23.0. The summed E-state index contributed by atoms with van der Waals surface area (Å²) in [4.78, 5) is 11.0. The number of hydrogen-bond donors (Lipinski definition) is 0. The van der Waals surface area contributed by atoms with E-state index in [1.807, 2.05) is 6.08 Å². The number of unbranched alkanes of at least 4 members (excludes halogenated alkanes) is 14. The van der Waals surface area contributed by atoms with Crippen LogP contribution in [0, 0.1) is 0 Å². The molecule has 0 aliphatic heterocycles. The van der Waals surface area contributed by atoms with Gasteiger partial charge in [-0.05, 0) is 25.3 Å². The van der Waals surface area contributed by atoms with Gasteiger partial charge in [0.1, 0.15) is 0 Å². The predicted octanol–water partition coefficient (Wildman–Crippen LogP) is 7.34. The van der Waals surface area contributed by atoms with Crippen LogP contribution in [0.3, 0.4) is 0 Å². The normalized spacial score (nSPS) is 11.7. The van der Waals surface area contributed by atoms with Gasteiger partial charge in [0.15, 0.2) is 18.8 Å². The number of ether oxygens (including phenoxy) is 2. The average molecular weight is 369 g/mol. The highest BCUT2D eigenvalue weighted by molar-refractivity contribution is 5.69. The number of allylic oxidation sites excluding steroid dienone is 2. The second-order valence-corrected chi connectivity index (χ2v) is 7.28. The Kier molecular flexibility index (Phi) is 21.5. The van der Waals surface area contributed by atoms with Crippen LogP contribution in [0.4, 0.5) is 0 Å². The summed E-state index contributed by atoms with van der Waals surface area (Å²) in [6.45, 7) is 5.41. The minimum absolute atomic E-state index is 0.193. The van der Waals surface area contributed by atoms with Crippen molar-refractivity contribution >= 4 is 6.29 Å². The van der Waals surface area contributed by atoms with Crippen molar-refractivity contribution in [3.8, 4) is 0 Å². The van der Waals surface area contributed by atoms with E-state index in [9.17, 15) is 4.79 Å². The highest BCUT2D eigenvalue weighted by atomic mass is 16.7. The molecule has 0 N–H and O–H groups in total. The van der Waals surface area contributed by atoms with Crippen LogP contribution >= 0.6 is 0 Å². The Morgan fingerprint density at radius 1 is 0.692 bits per heavy atom. The fraction of sp³-hybridized carbons (Fsp3) is 0.870. The van der Waals surface area contributed by atoms with Crippen LogP contribution in [-0.2, 0) is 14.3 Å². The molecule has 0 saturated heterocycles. The molecule has 154 valence electrons. The molecular formula is C23H44O3. The van der Waals surface area contributed by atoms with E-state index in [1.54, 1.807) is 0 Å². The molecule has 0 unspecified atom stereocenters. The van der Waals surface area contributed by atoms with E-state index in [0.717, 1.165) is 32.2 Å². The van der Waals surface area contributed by atoms with Crippen LogP contribution in [0.25, 0.3) is 0 Å². The fourth-order valence-electron chi connectivity index (χ4n) is 2.99. The third-order valence-electron chi connectivity index (χ3n) is 4.72. The van der Waals surface area contributed by atoms with E-state index in [0.29, 0.717) is 5.76 Å². The maximum atomic E-state index is 11.0. The number of rotatable bonds is 21. The standard InChI is InChI=1S/C23H44O3/c1-3-5-7-9-11-13-15-17-19-23(21-24)26-22-25-20-18-16-14-12-10-8-6-4-2/h19,21H,3-18,20,22H2,1-2H3/b23-19+. The molecule has 0 fully saturated rings. The van der Waals surface area contributed by atoms with E-state index in [2.05, 4.69) is 13.8 Å². The van der Waals surface area contributed by atoms with Gasteiger partial charge < -0.3 is 9.47 Å². The van der Waals surface area contributed by atoms with Gasteiger partial charge in [-0.25, -0.2) is 0 Å². The second-order valence-electron chi connectivity index (χ2n) is 7.28. The van der Waals surface area contributed by atoms with Gasteiger partial charge in [0, 0.05) is 0 Å². The molecule has 3 nitrogen and oxygen atoms in total.